The molecule has 2 atom stereocenters. The average Bonchev–Trinajstić information content (AvgIpc) is 2.64. The van der Waals surface area contributed by atoms with Crippen LogP contribution in [-0.4, -0.2) is 40.8 Å². The van der Waals surface area contributed by atoms with Crippen molar-refractivity contribution in [1.29, 1.82) is 0 Å². The molecule has 2 unspecified atom stereocenters. The van der Waals surface area contributed by atoms with Crippen molar-refractivity contribution in [2.75, 3.05) is 24.6 Å². The zero-order chi connectivity index (χ0) is 8.55. The molecule has 0 aliphatic carbocycles. The number of nitrogens with zero attached hydrogens (tertiary/aromatic N) is 1. The summed E-state index contributed by atoms with van der Waals surface area (Å²) in [7, 11) is 0. The molecule has 2 heterocycles. The first-order valence-electron chi connectivity index (χ1n) is 4.42. The van der Waals surface area contributed by atoms with E-state index in [0.29, 0.717) is 0 Å². The maximum atomic E-state index is 4.23. The monoisotopic (exact) mass is 201 g/mol. The summed E-state index contributed by atoms with van der Waals surface area (Å²) in [5.74, 6) is 2.17. The third-order valence-electron chi connectivity index (χ3n) is 2.66. The smallest absolute Gasteiger partial charge is 0.0202 e. The number of fused-ring (bicyclic) bond motifs is 2. The van der Waals surface area contributed by atoms with Crippen LogP contribution in [0.4, 0.5) is 0 Å². The second-order valence-electron chi connectivity index (χ2n) is 3.68. The van der Waals surface area contributed by atoms with Gasteiger partial charge in [-0.15, -0.1) is 0 Å². The van der Waals surface area contributed by atoms with Crippen molar-refractivity contribution in [2.45, 2.75) is 17.7 Å². The number of hydrogen-bond donors (Lipinski definition) is 1. The number of hydrogen-bond acceptors (Lipinski definition) is 3. The Morgan fingerprint density at radius 3 is 3.00 bits per heavy atom. The van der Waals surface area contributed by atoms with Crippen LogP contribution in [0.3, 0.4) is 0 Å². The lowest BCUT2D eigenvalue weighted by Gasteiger charge is -2.26. The summed E-state index contributed by atoms with van der Waals surface area (Å²) in [5, 5.41) is 0.919. The second-order valence-corrected chi connectivity index (χ2v) is 5.33. The van der Waals surface area contributed by atoms with Gasteiger partial charge in [-0.05, 0) is 6.42 Å². The molecule has 0 N–H and O–H groups in total. The largest absolute Gasteiger partial charge is 0.294 e. The van der Waals surface area contributed by atoms with Crippen molar-refractivity contribution in [3.63, 3.8) is 0 Å². The highest BCUT2D eigenvalue weighted by Crippen LogP contribution is 2.37. The summed E-state index contributed by atoms with van der Waals surface area (Å²) in [6.07, 6.45) is 1.41. The lowest BCUT2D eigenvalue weighted by atomic mass is 10.2. The fourth-order valence-electron chi connectivity index (χ4n) is 2.01. The summed E-state index contributed by atoms with van der Waals surface area (Å²) in [5.41, 5.74) is 1.26. The summed E-state index contributed by atoms with van der Waals surface area (Å²) in [4.78, 5) is 2.57. The van der Waals surface area contributed by atoms with E-state index in [1.807, 2.05) is 0 Å². The van der Waals surface area contributed by atoms with Crippen LogP contribution in [0.5, 0.6) is 0 Å². The first kappa shape index (κ1) is 8.97. The van der Waals surface area contributed by atoms with E-state index in [9.17, 15) is 0 Å². The highest BCUT2D eigenvalue weighted by atomic mass is 32.2. The zero-order valence-corrected chi connectivity index (χ0v) is 8.91. The fraction of sp³-hybridized carbons (Fsp3) is 0.778. The van der Waals surface area contributed by atoms with Gasteiger partial charge in [0.15, 0.2) is 0 Å². The molecule has 2 saturated heterocycles. The van der Waals surface area contributed by atoms with Crippen LogP contribution in [0.2, 0.25) is 0 Å². The molecule has 0 saturated carbocycles. The molecule has 0 aromatic heterocycles. The van der Waals surface area contributed by atoms with E-state index in [2.05, 4.69) is 35.9 Å². The number of rotatable bonds is 3. The first-order chi connectivity index (χ1) is 5.79. The molecular formula is C9H15NS2. The van der Waals surface area contributed by atoms with E-state index in [4.69, 9.17) is 0 Å². The second kappa shape index (κ2) is 3.64. The lowest BCUT2D eigenvalue weighted by Crippen LogP contribution is -2.35. The van der Waals surface area contributed by atoms with Gasteiger partial charge < -0.3 is 0 Å². The third-order valence-corrected chi connectivity index (χ3v) is 4.50. The fourth-order valence-corrected chi connectivity index (χ4v) is 3.61. The molecular weight excluding hydrogens is 186 g/mol. The summed E-state index contributed by atoms with van der Waals surface area (Å²) >= 11 is 6.37. The Labute approximate surface area is 84.0 Å². The molecule has 0 aromatic carbocycles. The van der Waals surface area contributed by atoms with Gasteiger partial charge in [0.05, 0.1) is 0 Å². The maximum absolute atomic E-state index is 4.23. The van der Waals surface area contributed by atoms with Crippen molar-refractivity contribution in [1.82, 2.24) is 4.90 Å². The molecule has 1 nitrogen and oxygen atoms in total. The van der Waals surface area contributed by atoms with Crippen molar-refractivity contribution in [3.8, 4) is 0 Å². The Morgan fingerprint density at radius 2 is 2.50 bits per heavy atom. The van der Waals surface area contributed by atoms with E-state index in [-0.39, 0.29) is 0 Å². The van der Waals surface area contributed by atoms with Gasteiger partial charge in [-0.2, -0.15) is 24.4 Å². The molecule has 0 amide bonds. The quantitative estimate of drug-likeness (QED) is 0.546. The number of likely N-dealkylation sites (tertiary alicyclic amines) is 1. The molecule has 2 fully saturated rings. The molecule has 2 bridgehead atoms. The molecule has 2 aliphatic rings. The molecule has 12 heavy (non-hydrogen) atoms. The third kappa shape index (κ3) is 1.68. The van der Waals surface area contributed by atoms with E-state index >= 15 is 0 Å². The minimum Gasteiger partial charge on any atom is -0.294 e. The summed E-state index contributed by atoms with van der Waals surface area (Å²) in [6.45, 7) is 6.35. The number of thiol groups is 1. The van der Waals surface area contributed by atoms with E-state index < -0.39 is 0 Å². The molecule has 2 aliphatic heterocycles. The van der Waals surface area contributed by atoms with Gasteiger partial charge in [0.1, 0.15) is 0 Å². The molecule has 68 valence electrons. The molecule has 0 radical (unpaired) electrons. The molecule has 0 aromatic rings. The number of thioether (sulfide) groups is 1. The van der Waals surface area contributed by atoms with Crippen molar-refractivity contribution < 1.29 is 0 Å². The van der Waals surface area contributed by atoms with E-state index in [1.54, 1.807) is 0 Å². The molecule has 0 spiro atoms. The van der Waals surface area contributed by atoms with Gasteiger partial charge >= 0.3 is 0 Å². The van der Waals surface area contributed by atoms with Crippen LogP contribution in [0, 0.1) is 0 Å². The minimum absolute atomic E-state index is 0.834. The van der Waals surface area contributed by atoms with Gasteiger partial charge in [-0.1, -0.05) is 12.2 Å². The average molecular weight is 201 g/mol. The van der Waals surface area contributed by atoms with E-state index in [0.717, 1.165) is 23.6 Å². The van der Waals surface area contributed by atoms with Crippen molar-refractivity contribution in [2.24, 2.45) is 0 Å². The van der Waals surface area contributed by atoms with Crippen LogP contribution in [-0.2, 0) is 0 Å². The van der Waals surface area contributed by atoms with Gasteiger partial charge in [0.2, 0.25) is 0 Å². The zero-order valence-electron chi connectivity index (χ0n) is 7.20. The topological polar surface area (TPSA) is 3.24 Å². The lowest BCUT2D eigenvalue weighted by molar-refractivity contribution is 0.293. The first-order valence-corrected chi connectivity index (χ1v) is 6.11. The van der Waals surface area contributed by atoms with Crippen LogP contribution in [0.1, 0.15) is 6.42 Å². The van der Waals surface area contributed by atoms with Crippen LogP contribution >= 0.6 is 24.4 Å². The van der Waals surface area contributed by atoms with Crippen LogP contribution < -0.4 is 0 Å². The predicted octanol–water partition coefficient (Wildman–Crippen LogP) is 1.66. The Hall–Kier alpha value is 0.400. The van der Waals surface area contributed by atoms with Gasteiger partial charge in [0.25, 0.3) is 0 Å². The van der Waals surface area contributed by atoms with Gasteiger partial charge in [-0.3, -0.25) is 4.90 Å². The van der Waals surface area contributed by atoms with Gasteiger partial charge in [0, 0.05) is 35.9 Å². The Bertz CT molecular complexity index is 193. The normalized spacial score (nSPS) is 34.4. The highest BCUT2D eigenvalue weighted by molar-refractivity contribution is 8.00. The Morgan fingerprint density at radius 1 is 1.67 bits per heavy atom. The SMILES string of the molecule is C=C(CS)CN1CC2CC1CS2. The Kier molecular flexibility index (Phi) is 2.72. The van der Waals surface area contributed by atoms with E-state index in [1.165, 1.54) is 24.3 Å². The standard InChI is InChI=1S/C9H15NS2/c1-7(5-11)3-10-4-9-2-8(10)6-12-9/h8-9,11H,1-6H2. The van der Waals surface area contributed by atoms with Crippen molar-refractivity contribution in [3.05, 3.63) is 12.2 Å². The predicted molar refractivity (Wildman–Crippen MR) is 59.2 cm³/mol. The summed E-state index contributed by atoms with van der Waals surface area (Å²) < 4.78 is 0. The maximum Gasteiger partial charge on any atom is 0.0202 e. The summed E-state index contributed by atoms with van der Waals surface area (Å²) in [6, 6.07) is 0.844. The van der Waals surface area contributed by atoms with Crippen LogP contribution in [0.15, 0.2) is 12.2 Å². The highest BCUT2D eigenvalue weighted by Gasteiger charge is 2.37. The van der Waals surface area contributed by atoms with Crippen LogP contribution in [0.25, 0.3) is 0 Å². The molecule has 3 heteroatoms. The van der Waals surface area contributed by atoms with Crippen molar-refractivity contribution >= 4 is 24.4 Å². The minimum atomic E-state index is 0.834. The molecule has 2 rings (SSSR count). The Balaban J connectivity index is 1.86. The van der Waals surface area contributed by atoms with Gasteiger partial charge in [-0.25, -0.2) is 0 Å².